The Labute approximate surface area is 250 Å². The molecule has 0 radical (unpaired) electrons. The highest BCUT2D eigenvalue weighted by Gasteiger charge is 2.37. The van der Waals surface area contributed by atoms with Crippen molar-refractivity contribution in [2.24, 2.45) is 0 Å². The van der Waals surface area contributed by atoms with E-state index in [-0.39, 0.29) is 18.0 Å². The minimum absolute atomic E-state index is 0.00297. The second-order valence-electron chi connectivity index (χ2n) is 11.4. The van der Waals surface area contributed by atoms with Crippen LogP contribution >= 0.6 is 12.6 Å². The molecule has 226 valence electrons. The number of aromatic hydroxyl groups is 1. The third-order valence-corrected chi connectivity index (χ3v) is 7.10. The van der Waals surface area contributed by atoms with Crippen molar-refractivity contribution >= 4 is 36.2 Å². The van der Waals surface area contributed by atoms with Gasteiger partial charge >= 0.3 is 6.09 Å². The average Bonchev–Trinajstić information content (AvgIpc) is 2.90. The van der Waals surface area contributed by atoms with Gasteiger partial charge in [-0.25, -0.2) is 4.79 Å². The molecule has 0 aliphatic heterocycles. The normalized spacial score (nSPS) is 12.8. The molecule has 0 aliphatic rings. The van der Waals surface area contributed by atoms with E-state index < -0.39 is 35.6 Å². The zero-order valence-corrected chi connectivity index (χ0v) is 26.2. The molecular formula is C32H47N3O5S. The smallest absolute Gasteiger partial charge is 0.408 e. The van der Waals surface area contributed by atoms with E-state index in [2.05, 4.69) is 30.2 Å². The number of nitrogens with one attached hydrogen (secondary N) is 2. The number of unbranched alkanes of at least 4 members (excludes halogenated alkanes) is 5. The monoisotopic (exact) mass is 585 g/mol. The van der Waals surface area contributed by atoms with Gasteiger partial charge in [0.2, 0.25) is 5.91 Å². The number of alkyl carbamates (subject to hydrolysis) is 1. The van der Waals surface area contributed by atoms with Gasteiger partial charge in [0.05, 0.1) is 0 Å². The van der Waals surface area contributed by atoms with E-state index in [1.807, 2.05) is 25.1 Å². The van der Waals surface area contributed by atoms with Gasteiger partial charge in [-0.3, -0.25) is 9.59 Å². The highest BCUT2D eigenvalue weighted by Crippen LogP contribution is 2.33. The Hall–Kier alpha value is -3.20. The van der Waals surface area contributed by atoms with Crippen molar-refractivity contribution in [2.45, 2.75) is 97.8 Å². The molecule has 3 amide bonds. The Balaban J connectivity index is 2.51. The molecule has 0 fully saturated rings. The molecule has 2 rings (SSSR count). The summed E-state index contributed by atoms with van der Waals surface area (Å²) in [5, 5.41) is 16.7. The summed E-state index contributed by atoms with van der Waals surface area (Å²) in [6, 6.07) is 10.3. The third kappa shape index (κ3) is 10.6. The predicted octanol–water partition coefficient (Wildman–Crippen LogP) is 6.70. The van der Waals surface area contributed by atoms with Crippen LogP contribution in [0, 0.1) is 13.8 Å². The van der Waals surface area contributed by atoms with E-state index in [9.17, 15) is 19.5 Å². The number of amides is 3. The molecule has 3 N–H and O–H groups in total. The number of ether oxygens (including phenoxy) is 1. The van der Waals surface area contributed by atoms with Crippen LogP contribution in [0.5, 0.6) is 5.75 Å². The van der Waals surface area contributed by atoms with Crippen molar-refractivity contribution in [2.75, 3.05) is 17.6 Å². The number of carbonyl (C=O) groups excluding carboxylic acids is 3. The number of para-hydroxylation sites is 2. The quantitative estimate of drug-likeness (QED) is 0.146. The molecule has 2 aromatic carbocycles. The van der Waals surface area contributed by atoms with Crippen LogP contribution in [0.2, 0.25) is 0 Å². The summed E-state index contributed by atoms with van der Waals surface area (Å²) >= 11 is 4.35. The van der Waals surface area contributed by atoms with E-state index in [1.54, 1.807) is 52.0 Å². The number of thiol groups is 1. The van der Waals surface area contributed by atoms with Crippen LogP contribution in [-0.2, 0) is 14.3 Å². The fraction of sp³-hybridized carbons (Fsp3) is 0.531. The average molecular weight is 586 g/mol. The molecule has 0 heterocycles. The van der Waals surface area contributed by atoms with Crippen molar-refractivity contribution in [3.63, 3.8) is 0 Å². The molecular weight excluding hydrogens is 538 g/mol. The van der Waals surface area contributed by atoms with E-state index in [1.165, 1.54) is 4.90 Å². The maximum Gasteiger partial charge on any atom is 0.408 e. The fourth-order valence-electron chi connectivity index (χ4n) is 4.53. The van der Waals surface area contributed by atoms with E-state index >= 15 is 0 Å². The number of carbonyl (C=O) groups is 3. The standard InChI is InChI=1S/C32H47N3O5S/c1-7-8-9-10-11-14-20-35(30(38)26(21-41)34-31(39)40-32(4,5)6)27(24-18-15-17-23(3)28(24)36)29(37)33-25-19-13-12-16-22(25)2/h12-13,15-19,26-27,36,41H,7-11,14,20-21H2,1-6H3,(H,33,37)(H,34,39). The molecule has 0 saturated carbocycles. The van der Waals surface area contributed by atoms with Crippen molar-refractivity contribution in [1.82, 2.24) is 10.2 Å². The van der Waals surface area contributed by atoms with Gasteiger partial charge in [0, 0.05) is 23.5 Å². The molecule has 0 aliphatic carbocycles. The van der Waals surface area contributed by atoms with Gasteiger partial charge in [0.1, 0.15) is 23.4 Å². The van der Waals surface area contributed by atoms with Gasteiger partial charge < -0.3 is 25.4 Å². The number of hydrogen-bond donors (Lipinski definition) is 4. The second kappa shape index (κ2) is 16.3. The number of anilines is 1. The molecule has 2 unspecified atom stereocenters. The Kier molecular flexibility index (Phi) is 13.5. The van der Waals surface area contributed by atoms with Crippen LogP contribution < -0.4 is 10.6 Å². The highest BCUT2D eigenvalue weighted by atomic mass is 32.1. The van der Waals surface area contributed by atoms with Crippen LogP contribution in [-0.4, -0.2) is 51.9 Å². The van der Waals surface area contributed by atoms with Crippen LogP contribution in [0.1, 0.15) is 89.0 Å². The Morgan fingerprint density at radius 3 is 2.22 bits per heavy atom. The number of nitrogens with zero attached hydrogens (tertiary/aromatic N) is 1. The molecule has 0 aromatic heterocycles. The number of aryl methyl sites for hydroxylation is 2. The first-order valence-electron chi connectivity index (χ1n) is 14.4. The first-order chi connectivity index (χ1) is 19.4. The number of phenols is 1. The molecule has 8 nitrogen and oxygen atoms in total. The van der Waals surface area contributed by atoms with Crippen molar-refractivity contribution in [3.8, 4) is 5.75 Å². The summed E-state index contributed by atoms with van der Waals surface area (Å²) in [6.45, 7) is 11.3. The molecule has 0 saturated heterocycles. The number of benzene rings is 2. The molecule has 2 aromatic rings. The number of phenolic OH excluding ortho intramolecular Hbond substituents is 1. The summed E-state index contributed by atoms with van der Waals surface area (Å²) in [5.74, 6) is -1.00. The van der Waals surface area contributed by atoms with Gasteiger partial charge in [0.25, 0.3) is 5.91 Å². The minimum Gasteiger partial charge on any atom is -0.507 e. The molecule has 2 atom stereocenters. The second-order valence-corrected chi connectivity index (χ2v) is 11.8. The molecule has 0 spiro atoms. The van der Waals surface area contributed by atoms with Gasteiger partial charge in [0.15, 0.2) is 0 Å². The first kappa shape index (κ1) is 34.0. The summed E-state index contributed by atoms with van der Waals surface area (Å²) in [5.41, 5.74) is 1.61. The highest BCUT2D eigenvalue weighted by molar-refractivity contribution is 7.80. The Morgan fingerprint density at radius 1 is 0.951 bits per heavy atom. The summed E-state index contributed by atoms with van der Waals surface area (Å²) in [6.07, 6.45) is 5.16. The number of hydrogen-bond acceptors (Lipinski definition) is 6. The van der Waals surface area contributed by atoms with Crippen molar-refractivity contribution < 1.29 is 24.2 Å². The summed E-state index contributed by atoms with van der Waals surface area (Å²) in [4.78, 5) is 42.2. The topological polar surface area (TPSA) is 108 Å². The van der Waals surface area contributed by atoms with Gasteiger partial charge in [-0.05, 0) is 58.2 Å². The summed E-state index contributed by atoms with van der Waals surface area (Å²) < 4.78 is 5.38. The SMILES string of the molecule is CCCCCCCCN(C(=O)C(CS)NC(=O)OC(C)(C)C)C(C(=O)Nc1ccccc1C)c1cccc(C)c1O. The van der Waals surface area contributed by atoms with Gasteiger partial charge in [-0.1, -0.05) is 75.4 Å². The van der Waals surface area contributed by atoms with Crippen LogP contribution in [0.4, 0.5) is 10.5 Å². The predicted molar refractivity (Wildman–Crippen MR) is 167 cm³/mol. The van der Waals surface area contributed by atoms with Crippen LogP contribution in [0.3, 0.4) is 0 Å². The van der Waals surface area contributed by atoms with Crippen molar-refractivity contribution in [1.29, 1.82) is 0 Å². The van der Waals surface area contributed by atoms with Crippen molar-refractivity contribution in [3.05, 3.63) is 59.2 Å². The van der Waals surface area contributed by atoms with Gasteiger partial charge in [-0.2, -0.15) is 12.6 Å². The molecule has 41 heavy (non-hydrogen) atoms. The fourth-order valence-corrected chi connectivity index (χ4v) is 4.78. The lowest BCUT2D eigenvalue weighted by Gasteiger charge is -2.34. The van der Waals surface area contributed by atoms with Crippen LogP contribution in [0.25, 0.3) is 0 Å². The Morgan fingerprint density at radius 2 is 1.59 bits per heavy atom. The largest absolute Gasteiger partial charge is 0.507 e. The lowest BCUT2D eigenvalue weighted by molar-refractivity contribution is -0.140. The maximum absolute atomic E-state index is 14.1. The maximum atomic E-state index is 14.1. The lowest BCUT2D eigenvalue weighted by Crippen LogP contribution is -2.53. The van der Waals surface area contributed by atoms with E-state index in [0.29, 0.717) is 23.2 Å². The first-order valence-corrected chi connectivity index (χ1v) is 15.1. The Bertz CT molecular complexity index is 1160. The third-order valence-electron chi connectivity index (χ3n) is 6.73. The molecule has 0 bridgehead atoms. The zero-order valence-electron chi connectivity index (χ0n) is 25.3. The van der Waals surface area contributed by atoms with Crippen LogP contribution in [0.15, 0.2) is 42.5 Å². The van der Waals surface area contributed by atoms with E-state index in [4.69, 9.17) is 4.74 Å². The molecule has 9 heteroatoms. The van der Waals surface area contributed by atoms with Gasteiger partial charge in [-0.15, -0.1) is 0 Å². The summed E-state index contributed by atoms with van der Waals surface area (Å²) in [7, 11) is 0. The zero-order chi connectivity index (χ0) is 30.6. The number of rotatable bonds is 14. The lowest BCUT2D eigenvalue weighted by atomic mass is 9.98. The van der Waals surface area contributed by atoms with E-state index in [0.717, 1.165) is 37.7 Å². The minimum atomic E-state index is -1.15.